The number of hydrogen-bond acceptors (Lipinski definition) is 2. The molecule has 0 fully saturated rings. The van der Waals surface area contributed by atoms with Gasteiger partial charge in [0.05, 0.1) is 6.54 Å². The van der Waals surface area contributed by atoms with Crippen LogP contribution in [0.3, 0.4) is 0 Å². The fraction of sp³-hybridized carbons (Fsp3) is 0.533. The molecule has 1 rings (SSSR count). The third-order valence-corrected chi connectivity index (χ3v) is 2.77. The van der Waals surface area contributed by atoms with E-state index in [2.05, 4.69) is 24.8 Å². The van der Waals surface area contributed by atoms with Crippen LogP contribution in [0.1, 0.15) is 35.3 Å². The molecular formula is C15H23NO. The van der Waals surface area contributed by atoms with Crippen LogP contribution >= 0.6 is 0 Å². The summed E-state index contributed by atoms with van der Waals surface area (Å²) >= 11 is 0. The average molecular weight is 233 g/mol. The highest BCUT2D eigenvalue weighted by molar-refractivity contribution is 5.98. The molecule has 1 aromatic carbocycles. The largest absolute Gasteiger partial charge is 0.299 e. The van der Waals surface area contributed by atoms with Gasteiger partial charge >= 0.3 is 0 Å². The van der Waals surface area contributed by atoms with Crippen molar-refractivity contribution in [1.82, 2.24) is 4.90 Å². The molecule has 0 aromatic heterocycles. The van der Waals surface area contributed by atoms with Crippen molar-refractivity contribution in [2.24, 2.45) is 5.92 Å². The molecule has 0 aliphatic carbocycles. The van der Waals surface area contributed by atoms with Crippen molar-refractivity contribution < 1.29 is 4.79 Å². The number of Topliss-reactive ketones (excluding diaryl/α,β-unsaturated/α-hetero) is 1. The maximum atomic E-state index is 12.1. The minimum Gasteiger partial charge on any atom is -0.299 e. The van der Waals surface area contributed by atoms with Gasteiger partial charge in [0.2, 0.25) is 0 Å². The third kappa shape index (κ3) is 4.31. The molecule has 0 heterocycles. The molecule has 0 atom stereocenters. The molecule has 0 N–H and O–H groups in total. The number of likely N-dealkylation sites (N-methyl/N-ethyl adjacent to an activating group) is 1. The zero-order chi connectivity index (χ0) is 13.0. The highest BCUT2D eigenvalue weighted by atomic mass is 16.1. The van der Waals surface area contributed by atoms with Gasteiger partial charge in [-0.25, -0.2) is 0 Å². The van der Waals surface area contributed by atoms with Crippen LogP contribution in [0, 0.1) is 19.8 Å². The minimum atomic E-state index is 0.214. The topological polar surface area (TPSA) is 20.3 Å². The van der Waals surface area contributed by atoms with Gasteiger partial charge < -0.3 is 0 Å². The zero-order valence-electron chi connectivity index (χ0n) is 11.6. The Balaban J connectivity index is 2.70. The first-order valence-electron chi connectivity index (χ1n) is 6.19. The molecule has 0 saturated heterocycles. The molecule has 0 saturated carbocycles. The predicted molar refractivity (Wildman–Crippen MR) is 72.6 cm³/mol. The first-order chi connectivity index (χ1) is 7.90. The van der Waals surface area contributed by atoms with E-state index in [0.717, 1.165) is 17.7 Å². The number of nitrogens with zero attached hydrogens (tertiary/aromatic N) is 1. The first-order valence-corrected chi connectivity index (χ1v) is 6.19. The second kappa shape index (κ2) is 5.97. The molecular weight excluding hydrogens is 210 g/mol. The van der Waals surface area contributed by atoms with Crippen molar-refractivity contribution in [2.45, 2.75) is 27.7 Å². The second-order valence-corrected chi connectivity index (χ2v) is 5.33. The minimum absolute atomic E-state index is 0.214. The molecule has 94 valence electrons. The Hall–Kier alpha value is -1.15. The Bertz CT molecular complexity index is 396. The normalized spacial score (nSPS) is 11.2. The molecule has 2 nitrogen and oxygen atoms in total. The average Bonchev–Trinajstić information content (AvgIpc) is 2.15. The van der Waals surface area contributed by atoms with Crippen LogP contribution in [0.15, 0.2) is 18.2 Å². The van der Waals surface area contributed by atoms with E-state index in [1.807, 2.05) is 33.0 Å². The van der Waals surface area contributed by atoms with Gasteiger partial charge in [-0.2, -0.15) is 0 Å². The lowest BCUT2D eigenvalue weighted by molar-refractivity contribution is 0.0940. The fourth-order valence-corrected chi connectivity index (χ4v) is 2.14. The van der Waals surface area contributed by atoms with Crippen LogP contribution in [0.5, 0.6) is 0 Å². The summed E-state index contributed by atoms with van der Waals surface area (Å²) in [5, 5.41) is 0. The SMILES string of the molecule is Cc1ccc(C(=O)CN(C)CC(C)C)c(C)c1. The summed E-state index contributed by atoms with van der Waals surface area (Å²) in [6.45, 7) is 9.84. The van der Waals surface area contributed by atoms with Crippen LogP contribution in [-0.2, 0) is 0 Å². The Morgan fingerprint density at radius 2 is 1.94 bits per heavy atom. The first kappa shape index (κ1) is 13.9. The third-order valence-electron chi connectivity index (χ3n) is 2.77. The molecule has 0 unspecified atom stereocenters. The summed E-state index contributed by atoms with van der Waals surface area (Å²) in [5.41, 5.74) is 3.13. The summed E-state index contributed by atoms with van der Waals surface area (Å²) in [4.78, 5) is 14.2. The number of benzene rings is 1. The van der Waals surface area contributed by atoms with Crippen molar-refractivity contribution in [3.8, 4) is 0 Å². The summed E-state index contributed by atoms with van der Waals surface area (Å²) in [5.74, 6) is 0.803. The van der Waals surface area contributed by atoms with Crippen molar-refractivity contribution in [3.05, 3.63) is 34.9 Å². The van der Waals surface area contributed by atoms with E-state index in [1.165, 1.54) is 5.56 Å². The Morgan fingerprint density at radius 3 is 2.47 bits per heavy atom. The van der Waals surface area contributed by atoms with E-state index in [-0.39, 0.29) is 5.78 Å². The standard InChI is InChI=1S/C15H23NO/c1-11(2)9-16(5)10-15(17)14-7-6-12(3)8-13(14)4/h6-8,11H,9-10H2,1-5H3. The van der Waals surface area contributed by atoms with Gasteiger partial charge in [0.15, 0.2) is 5.78 Å². The molecule has 0 aliphatic rings. The number of carbonyl (C=O) groups is 1. The lowest BCUT2D eigenvalue weighted by atomic mass is 10.0. The Morgan fingerprint density at radius 1 is 1.29 bits per heavy atom. The summed E-state index contributed by atoms with van der Waals surface area (Å²) in [6, 6.07) is 6.01. The monoisotopic (exact) mass is 233 g/mol. The van der Waals surface area contributed by atoms with Crippen LogP contribution < -0.4 is 0 Å². The van der Waals surface area contributed by atoms with Gasteiger partial charge in [-0.15, -0.1) is 0 Å². The Labute approximate surface area is 105 Å². The summed E-state index contributed by atoms with van der Waals surface area (Å²) in [6.07, 6.45) is 0. The molecule has 0 bridgehead atoms. The predicted octanol–water partition coefficient (Wildman–Crippen LogP) is 3.07. The molecule has 0 aliphatic heterocycles. The van der Waals surface area contributed by atoms with Crippen LogP contribution in [-0.4, -0.2) is 30.8 Å². The molecule has 0 spiro atoms. The summed E-state index contributed by atoms with van der Waals surface area (Å²) < 4.78 is 0. The smallest absolute Gasteiger partial charge is 0.177 e. The van der Waals surface area contributed by atoms with E-state index >= 15 is 0 Å². The van der Waals surface area contributed by atoms with E-state index in [1.54, 1.807) is 0 Å². The maximum Gasteiger partial charge on any atom is 0.177 e. The van der Waals surface area contributed by atoms with Crippen LogP contribution in [0.25, 0.3) is 0 Å². The van der Waals surface area contributed by atoms with Gasteiger partial charge in [0.25, 0.3) is 0 Å². The van der Waals surface area contributed by atoms with Crippen molar-refractivity contribution >= 4 is 5.78 Å². The highest BCUT2D eigenvalue weighted by Gasteiger charge is 2.12. The van der Waals surface area contributed by atoms with Gasteiger partial charge in [-0.3, -0.25) is 9.69 Å². The van der Waals surface area contributed by atoms with E-state index in [4.69, 9.17) is 0 Å². The molecule has 0 amide bonds. The number of ketones is 1. The quantitative estimate of drug-likeness (QED) is 0.728. The summed E-state index contributed by atoms with van der Waals surface area (Å²) in [7, 11) is 2.00. The lowest BCUT2D eigenvalue weighted by Crippen LogP contribution is -2.29. The van der Waals surface area contributed by atoms with Gasteiger partial charge in [-0.05, 0) is 32.4 Å². The lowest BCUT2D eigenvalue weighted by Gasteiger charge is -2.18. The van der Waals surface area contributed by atoms with Gasteiger partial charge in [0, 0.05) is 12.1 Å². The van der Waals surface area contributed by atoms with E-state index in [9.17, 15) is 4.79 Å². The molecule has 2 heteroatoms. The van der Waals surface area contributed by atoms with E-state index in [0.29, 0.717) is 12.5 Å². The van der Waals surface area contributed by atoms with Crippen molar-refractivity contribution in [1.29, 1.82) is 0 Å². The van der Waals surface area contributed by atoms with E-state index < -0.39 is 0 Å². The highest BCUT2D eigenvalue weighted by Crippen LogP contribution is 2.12. The Kier molecular flexibility index (Phi) is 4.88. The van der Waals surface area contributed by atoms with Crippen LogP contribution in [0.2, 0.25) is 0 Å². The van der Waals surface area contributed by atoms with Crippen LogP contribution in [0.4, 0.5) is 0 Å². The number of carbonyl (C=O) groups excluding carboxylic acids is 1. The zero-order valence-corrected chi connectivity index (χ0v) is 11.6. The van der Waals surface area contributed by atoms with Gasteiger partial charge in [0.1, 0.15) is 0 Å². The molecule has 17 heavy (non-hydrogen) atoms. The second-order valence-electron chi connectivity index (χ2n) is 5.33. The fourth-order valence-electron chi connectivity index (χ4n) is 2.14. The molecule has 1 aromatic rings. The van der Waals surface area contributed by atoms with Gasteiger partial charge in [-0.1, -0.05) is 37.6 Å². The number of hydrogen-bond donors (Lipinski definition) is 0. The maximum absolute atomic E-state index is 12.1. The molecule has 0 radical (unpaired) electrons. The number of rotatable bonds is 5. The van der Waals surface area contributed by atoms with Crippen molar-refractivity contribution in [2.75, 3.05) is 20.1 Å². The van der Waals surface area contributed by atoms with Crippen molar-refractivity contribution in [3.63, 3.8) is 0 Å². The number of aryl methyl sites for hydroxylation is 2.